The zero-order chi connectivity index (χ0) is 13.9. The lowest BCUT2D eigenvalue weighted by Crippen LogP contribution is -2.50. The number of hydrogen-bond acceptors (Lipinski definition) is 2. The molecular formula is C15H19NO3. The second kappa shape index (κ2) is 5.43. The molecule has 1 aliphatic rings. The van der Waals surface area contributed by atoms with Crippen LogP contribution < -0.4 is 5.32 Å². The van der Waals surface area contributed by atoms with Crippen molar-refractivity contribution in [2.24, 2.45) is 5.92 Å². The lowest BCUT2D eigenvalue weighted by atomic mass is 9.64. The van der Waals surface area contributed by atoms with Crippen molar-refractivity contribution in [1.29, 1.82) is 0 Å². The Balaban J connectivity index is 2.06. The minimum atomic E-state index is -0.886. The fraction of sp³-hybridized carbons (Fsp3) is 0.467. The number of aliphatic carboxylic acids is 1. The summed E-state index contributed by atoms with van der Waals surface area (Å²) in [5.74, 6) is -1.49. The van der Waals surface area contributed by atoms with Crippen molar-refractivity contribution in [2.75, 3.05) is 6.54 Å². The summed E-state index contributed by atoms with van der Waals surface area (Å²) in [6, 6.07) is 9.74. The first-order chi connectivity index (χ1) is 9.06. The van der Waals surface area contributed by atoms with Gasteiger partial charge in [0, 0.05) is 6.54 Å². The predicted octanol–water partition coefficient (Wildman–Crippen LogP) is 1.95. The molecule has 1 aromatic rings. The number of carbonyl (C=O) groups is 2. The van der Waals surface area contributed by atoms with Crippen molar-refractivity contribution >= 4 is 11.9 Å². The molecule has 2 N–H and O–H groups in total. The number of benzene rings is 1. The fourth-order valence-electron chi connectivity index (χ4n) is 2.44. The average molecular weight is 261 g/mol. The molecule has 19 heavy (non-hydrogen) atoms. The molecule has 0 aromatic heterocycles. The van der Waals surface area contributed by atoms with Crippen LogP contribution in [0.1, 0.15) is 31.7 Å². The van der Waals surface area contributed by atoms with Crippen LogP contribution in [0.25, 0.3) is 0 Å². The summed E-state index contributed by atoms with van der Waals surface area (Å²) < 4.78 is 0. The third-order valence-corrected chi connectivity index (χ3v) is 3.96. The van der Waals surface area contributed by atoms with Gasteiger partial charge in [-0.05, 0) is 18.4 Å². The summed E-state index contributed by atoms with van der Waals surface area (Å²) in [7, 11) is 0. The van der Waals surface area contributed by atoms with Crippen LogP contribution in [-0.4, -0.2) is 23.5 Å². The molecule has 0 aliphatic heterocycles. The van der Waals surface area contributed by atoms with Gasteiger partial charge in [0.25, 0.3) is 0 Å². The van der Waals surface area contributed by atoms with Gasteiger partial charge in [-0.1, -0.05) is 43.7 Å². The topological polar surface area (TPSA) is 66.4 Å². The fourth-order valence-corrected chi connectivity index (χ4v) is 2.44. The number of rotatable bonds is 5. The van der Waals surface area contributed by atoms with Gasteiger partial charge in [-0.25, -0.2) is 0 Å². The molecule has 102 valence electrons. The Kier molecular flexibility index (Phi) is 3.88. The van der Waals surface area contributed by atoms with Gasteiger partial charge in [0.15, 0.2) is 0 Å². The maximum Gasteiger partial charge on any atom is 0.308 e. The number of carboxylic acids is 1. The highest BCUT2D eigenvalue weighted by Crippen LogP contribution is 2.43. The summed E-state index contributed by atoms with van der Waals surface area (Å²) in [6.45, 7) is 1.78. The lowest BCUT2D eigenvalue weighted by molar-refractivity contribution is -0.141. The molecule has 0 heterocycles. The van der Waals surface area contributed by atoms with Gasteiger partial charge in [-0.15, -0.1) is 0 Å². The Morgan fingerprint density at radius 3 is 2.42 bits per heavy atom. The molecule has 4 nitrogen and oxygen atoms in total. The highest BCUT2D eigenvalue weighted by atomic mass is 16.4. The first-order valence-electron chi connectivity index (χ1n) is 6.63. The molecular weight excluding hydrogens is 242 g/mol. The Morgan fingerprint density at radius 2 is 1.95 bits per heavy atom. The third kappa shape index (κ3) is 2.62. The van der Waals surface area contributed by atoms with Crippen LogP contribution in [-0.2, 0) is 15.0 Å². The predicted molar refractivity (Wildman–Crippen MR) is 71.8 cm³/mol. The van der Waals surface area contributed by atoms with Crippen molar-refractivity contribution in [1.82, 2.24) is 5.32 Å². The van der Waals surface area contributed by atoms with E-state index in [1.165, 1.54) is 0 Å². The van der Waals surface area contributed by atoms with E-state index in [9.17, 15) is 9.59 Å². The maximum absolute atomic E-state index is 12.4. The summed E-state index contributed by atoms with van der Waals surface area (Å²) in [5, 5.41) is 11.6. The van der Waals surface area contributed by atoms with Crippen LogP contribution >= 0.6 is 0 Å². The zero-order valence-electron chi connectivity index (χ0n) is 11.1. The number of carboxylic acid groups (broad SMARTS) is 1. The molecule has 2 rings (SSSR count). The Morgan fingerprint density at radius 1 is 1.32 bits per heavy atom. The van der Waals surface area contributed by atoms with Gasteiger partial charge in [0.1, 0.15) is 0 Å². The van der Waals surface area contributed by atoms with Gasteiger partial charge < -0.3 is 10.4 Å². The first kappa shape index (κ1) is 13.6. The van der Waals surface area contributed by atoms with Crippen LogP contribution in [0, 0.1) is 5.92 Å². The van der Waals surface area contributed by atoms with E-state index in [1.807, 2.05) is 30.3 Å². The second-order valence-electron chi connectivity index (χ2n) is 5.25. The molecule has 0 bridgehead atoms. The van der Waals surface area contributed by atoms with Crippen molar-refractivity contribution in [3.05, 3.63) is 35.9 Å². The molecule has 0 spiro atoms. The highest BCUT2D eigenvalue weighted by molar-refractivity contribution is 5.89. The van der Waals surface area contributed by atoms with Gasteiger partial charge in [0.2, 0.25) is 5.91 Å². The SMILES string of the molecule is CC(CNC(=O)C1(c2ccccc2)CCC1)C(=O)O. The van der Waals surface area contributed by atoms with E-state index < -0.39 is 17.3 Å². The van der Waals surface area contributed by atoms with Gasteiger partial charge in [-0.2, -0.15) is 0 Å². The molecule has 1 aromatic carbocycles. The van der Waals surface area contributed by atoms with Crippen LogP contribution in [0.15, 0.2) is 30.3 Å². The summed E-state index contributed by atoms with van der Waals surface area (Å²) >= 11 is 0. The molecule has 0 radical (unpaired) electrons. The van der Waals surface area contributed by atoms with Crippen molar-refractivity contribution in [2.45, 2.75) is 31.6 Å². The lowest BCUT2D eigenvalue weighted by Gasteiger charge is -2.40. The minimum Gasteiger partial charge on any atom is -0.481 e. The summed E-state index contributed by atoms with van der Waals surface area (Å²) in [4.78, 5) is 23.1. The van der Waals surface area contributed by atoms with E-state index in [0.717, 1.165) is 24.8 Å². The first-order valence-corrected chi connectivity index (χ1v) is 6.63. The minimum absolute atomic E-state index is 0.0435. The molecule has 0 saturated heterocycles. The number of hydrogen-bond donors (Lipinski definition) is 2. The zero-order valence-corrected chi connectivity index (χ0v) is 11.1. The van der Waals surface area contributed by atoms with E-state index in [1.54, 1.807) is 6.92 Å². The average Bonchev–Trinajstić information content (AvgIpc) is 2.35. The van der Waals surface area contributed by atoms with Crippen LogP contribution in [0.5, 0.6) is 0 Å². The number of nitrogens with one attached hydrogen (secondary N) is 1. The Hall–Kier alpha value is -1.84. The maximum atomic E-state index is 12.4. The molecule has 1 atom stereocenters. The monoisotopic (exact) mass is 261 g/mol. The summed E-state index contributed by atoms with van der Waals surface area (Å²) in [6.07, 6.45) is 2.71. The molecule has 4 heteroatoms. The number of amides is 1. The van der Waals surface area contributed by atoms with E-state index in [-0.39, 0.29) is 12.5 Å². The largest absolute Gasteiger partial charge is 0.481 e. The quantitative estimate of drug-likeness (QED) is 0.851. The van der Waals surface area contributed by atoms with Gasteiger partial charge in [0.05, 0.1) is 11.3 Å². The van der Waals surface area contributed by atoms with Crippen LogP contribution in [0.3, 0.4) is 0 Å². The number of carbonyl (C=O) groups excluding carboxylic acids is 1. The molecule has 1 unspecified atom stereocenters. The van der Waals surface area contributed by atoms with Crippen LogP contribution in [0.2, 0.25) is 0 Å². The summed E-state index contributed by atoms with van der Waals surface area (Å²) in [5.41, 5.74) is 0.584. The normalized spacial score (nSPS) is 18.2. The smallest absolute Gasteiger partial charge is 0.308 e. The van der Waals surface area contributed by atoms with Gasteiger partial charge >= 0.3 is 5.97 Å². The van der Waals surface area contributed by atoms with E-state index in [2.05, 4.69) is 5.32 Å². The standard InChI is InChI=1S/C15H19NO3/c1-11(13(17)18)10-16-14(19)15(8-5-9-15)12-6-3-2-4-7-12/h2-4,6-7,11H,5,8-10H2,1H3,(H,16,19)(H,17,18). The van der Waals surface area contributed by atoms with Crippen molar-refractivity contribution in [3.8, 4) is 0 Å². The van der Waals surface area contributed by atoms with E-state index in [4.69, 9.17) is 5.11 Å². The Labute approximate surface area is 112 Å². The van der Waals surface area contributed by atoms with Gasteiger partial charge in [-0.3, -0.25) is 9.59 Å². The molecule has 1 aliphatic carbocycles. The second-order valence-corrected chi connectivity index (χ2v) is 5.25. The van der Waals surface area contributed by atoms with Crippen molar-refractivity contribution in [3.63, 3.8) is 0 Å². The highest BCUT2D eigenvalue weighted by Gasteiger charge is 2.45. The Bertz CT molecular complexity index is 466. The third-order valence-electron chi connectivity index (χ3n) is 3.96. The van der Waals surface area contributed by atoms with Crippen LogP contribution in [0.4, 0.5) is 0 Å². The van der Waals surface area contributed by atoms with E-state index in [0.29, 0.717) is 0 Å². The van der Waals surface area contributed by atoms with Crippen molar-refractivity contribution < 1.29 is 14.7 Å². The molecule has 1 amide bonds. The molecule has 1 fully saturated rings. The van der Waals surface area contributed by atoms with E-state index >= 15 is 0 Å². The molecule has 1 saturated carbocycles.